The molecule has 0 bridgehead atoms. The number of hydrogen-bond donors (Lipinski definition) is 2. The summed E-state index contributed by atoms with van der Waals surface area (Å²) in [5.74, 6) is 0.294. The molecule has 0 fully saturated rings. The maximum absolute atomic E-state index is 13.4. The zero-order chi connectivity index (χ0) is 20.8. The van der Waals surface area contributed by atoms with Crippen molar-refractivity contribution < 1.29 is 4.39 Å². The minimum atomic E-state index is -0.286. The van der Waals surface area contributed by atoms with Gasteiger partial charge in [-0.05, 0) is 42.0 Å². The molecular weight excluding hydrogens is 393 g/mol. The maximum Gasteiger partial charge on any atom is 0.161 e. The highest BCUT2D eigenvalue weighted by atomic mass is 19.1. The Kier molecular flexibility index (Phi) is 3.82. The molecule has 5 aromatic heterocycles. The van der Waals surface area contributed by atoms with E-state index in [1.807, 2.05) is 24.3 Å². The van der Waals surface area contributed by atoms with Gasteiger partial charge in [0.15, 0.2) is 11.5 Å². The van der Waals surface area contributed by atoms with E-state index in [0.29, 0.717) is 17.0 Å². The van der Waals surface area contributed by atoms with Gasteiger partial charge in [-0.25, -0.2) is 14.4 Å². The zero-order valence-electron chi connectivity index (χ0n) is 16.0. The third-order valence-electron chi connectivity index (χ3n) is 5.16. The first-order valence-corrected chi connectivity index (χ1v) is 9.62. The van der Waals surface area contributed by atoms with Crippen LogP contribution >= 0.6 is 0 Å². The summed E-state index contributed by atoms with van der Waals surface area (Å²) in [5, 5.41) is 7.47. The van der Waals surface area contributed by atoms with Crippen LogP contribution in [0.15, 0.2) is 73.3 Å². The number of nitrogens with one attached hydrogen (secondary N) is 2. The van der Waals surface area contributed by atoms with Crippen molar-refractivity contribution in [1.82, 2.24) is 35.1 Å². The average molecular weight is 407 g/mol. The lowest BCUT2D eigenvalue weighted by Crippen LogP contribution is -1.87. The molecule has 0 spiro atoms. The van der Waals surface area contributed by atoms with Crippen molar-refractivity contribution in [3.63, 3.8) is 0 Å². The zero-order valence-corrected chi connectivity index (χ0v) is 16.0. The van der Waals surface area contributed by atoms with Crippen LogP contribution < -0.4 is 0 Å². The van der Waals surface area contributed by atoms with E-state index in [4.69, 9.17) is 9.97 Å². The number of fused-ring (bicyclic) bond motifs is 2. The quantitative estimate of drug-likeness (QED) is 0.441. The molecule has 0 saturated heterocycles. The minimum Gasteiger partial charge on any atom is -0.335 e. The lowest BCUT2D eigenvalue weighted by molar-refractivity contribution is 0.628. The van der Waals surface area contributed by atoms with E-state index in [-0.39, 0.29) is 5.82 Å². The van der Waals surface area contributed by atoms with E-state index in [1.165, 1.54) is 12.1 Å². The van der Waals surface area contributed by atoms with Gasteiger partial charge in [0.25, 0.3) is 0 Å². The second kappa shape index (κ2) is 6.81. The minimum absolute atomic E-state index is 0.286. The van der Waals surface area contributed by atoms with Crippen LogP contribution in [-0.4, -0.2) is 35.1 Å². The van der Waals surface area contributed by atoms with Crippen molar-refractivity contribution in [1.29, 1.82) is 0 Å². The molecule has 31 heavy (non-hydrogen) atoms. The Morgan fingerprint density at radius 3 is 2.39 bits per heavy atom. The van der Waals surface area contributed by atoms with Crippen LogP contribution in [0.5, 0.6) is 0 Å². The smallest absolute Gasteiger partial charge is 0.161 e. The van der Waals surface area contributed by atoms with Crippen LogP contribution in [0.3, 0.4) is 0 Å². The van der Waals surface area contributed by atoms with Gasteiger partial charge < -0.3 is 4.98 Å². The molecule has 2 N–H and O–H groups in total. The maximum atomic E-state index is 13.4. The van der Waals surface area contributed by atoms with Crippen LogP contribution in [0, 0.1) is 5.82 Å². The third kappa shape index (κ3) is 2.93. The van der Waals surface area contributed by atoms with Gasteiger partial charge in [0.2, 0.25) is 0 Å². The molecule has 148 valence electrons. The standard InChI is InChI=1S/C23H14FN7/c24-15-3-1-13(2-4-15)16-11-26-12-19-20(16)29-23(28-19)22-21-18(30-31-22)6-5-17(27-21)14-7-9-25-10-8-14/h1-12H,(H,28,29)(H,30,31). The summed E-state index contributed by atoms with van der Waals surface area (Å²) in [5.41, 5.74) is 7.07. The highest BCUT2D eigenvalue weighted by Gasteiger charge is 2.17. The molecule has 1 aromatic carbocycles. The van der Waals surface area contributed by atoms with E-state index in [0.717, 1.165) is 38.9 Å². The Bertz CT molecular complexity index is 1540. The molecule has 0 unspecified atom stereocenters. The Morgan fingerprint density at radius 2 is 1.55 bits per heavy atom. The van der Waals surface area contributed by atoms with Gasteiger partial charge in [-0.15, -0.1) is 0 Å². The van der Waals surface area contributed by atoms with E-state index in [1.54, 1.807) is 36.9 Å². The first-order chi connectivity index (χ1) is 15.3. The first kappa shape index (κ1) is 17.4. The predicted molar refractivity (Wildman–Crippen MR) is 115 cm³/mol. The molecule has 0 radical (unpaired) electrons. The normalized spacial score (nSPS) is 11.4. The molecule has 5 heterocycles. The van der Waals surface area contributed by atoms with E-state index in [2.05, 4.69) is 25.1 Å². The number of aromatic amines is 2. The van der Waals surface area contributed by atoms with E-state index < -0.39 is 0 Å². The summed E-state index contributed by atoms with van der Waals surface area (Å²) in [6.07, 6.45) is 6.91. The molecule has 7 nitrogen and oxygen atoms in total. The molecular formula is C23H14FN7. The van der Waals surface area contributed by atoms with E-state index >= 15 is 0 Å². The fraction of sp³-hybridized carbons (Fsp3) is 0. The lowest BCUT2D eigenvalue weighted by atomic mass is 10.1. The summed E-state index contributed by atoms with van der Waals surface area (Å²) >= 11 is 0. The van der Waals surface area contributed by atoms with Gasteiger partial charge in [0.05, 0.1) is 28.4 Å². The lowest BCUT2D eigenvalue weighted by Gasteiger charge is -2.01. The second-order valence-electron chi connectivity index (χ2n) is 7.08. The van der Waals surface area contributed by atoms with Gasteiger partial charge in [-0.2, -0.15) is 5.10 Å². The second-order valence-corrected chi connectivity index (χ2v) is 7.08. The molecule has 0 aliphatic rings. The number of rotatable bonds is 3. The molecule has 0 aliphatic carbocycles. The number of pyridine rings is 3. The number of H-pyrrole nitrogens is 2. The summed E-state index contributed by atoms with van der Waals surface area (Å²) in [6, 6.07) is 14.0. The van der Waals surface area contributed by atoms with Crippen molar-refractivity contribution >= 4 is 22.1 Å². The van der Waals surface area contributed by atoms with Crippen molar-refractivity contribution in [2.75, 3.05) is 0 Å². The monoisotopic (exact) mass is 407 g/mol. The van der Waals surface area contributed by atoms with Gasteiger partial charge >= 0.3 is 0 Å². The number of aromatic nitrogens is 7. The summed E-state index contributed by atoms with van der Waals surface area (Å²) < 4.78 is 13.4. The predicted octanol–water partition coefficient (Wildman–Crippen LogP) is 4.76. The molecule has 0 amide bonds. The first-order valence-electron chi connectivity index (χ1n) is 9.62. The van der Waals surface area contributed by atoms with Crippen LogP contribution in [0.2, 0.25) is 0 Å². The summed E-state index contributed by atoms with van der Waals surface area (Å²) in [4.78, 5) is 21.2. The summed E-state index contributed by atoms with van der Waals surface area (Å²) in [7, 11) is 0. The SMILES string of the molecule is Fc1ccc(-c2cncc3[nH]c(-c4n[nH]c5ccc(-c6ccncc6)nc45)nc23)cc1. The molecule has 6 aromatic rings. The number of nitrogens with zero attached hydrogens (tertiary/aromatic N) is 5. The van der Waals surface area contributed by atoms with Crippen molar-refractivity contribution in [3.8, 4) is 33.9 Å². The Morgan fingerprint density at radius 1 is 0.710 bits per heavy atom. The van der Waals surface area contributed by atoms with Crippen LogP contribution in [0.25, 0.3) is 56.0 Å². The van der Waals surface area contributed by atoms with Gasteiger partial charge in [-0.1, -0.05) is 12.1 Å². The Hall–Kier alpha value is -4.46. The number of hydrogen-bond acceptors (Lipinski definition) is 5. The Balaban J connectivity index is 1.51. The van der Waals surface area contributed by atoms with Crippen LogP contribution in [0.1, 0.15) is 0 Å². The summed E-state index contributed by atoms with van der Waals surface area (Å²) in [6.45, 7) is 0. The average Bonchev–Trinajstić information content (AvgIpc) is 3.43. The molecule has 8 heteroatoms. The van der Waals surface area contributed by atoms with Crippen LogP contribution in [-0.2, 0) is 0 Å². The van der Waals surface area contributed by atoms with Crippen LogP contribution in [0.4, 0.5) is 4.39 Å². The fourth-order valence-corrected chi connectivity index (χ4v) is 3.63. The molecule has 0 aliphatic heterocycles. The Labute approximate surface area is 175 Å². The number of benzene rings is 1. The highest BCUT2D eigenvalue weighted by molar-refractivity contribution is 5.95. The fourth-order valence-electron chi connectivity index (χ4n) is 3.63. The van der Waals surface area contributed by atoms with Gasteiger partial charge in [0, 0.05) is 29.7 Å². The highest BCUT2D eigenvalue weighted by Crippen LogP contribution is 2.31. The topological polar surface area (TPSA) is 96.0 Å². The third-order valence-corrected chi connectivity index (χ3v) is 5.16. The van der Waals surface area contributed by atoms with Crippen molar-refractivity contribution in [2.45, 2.75) is 0 Å². The van der Waals surface area contributed by atoms with Crippen molar-refractivity contribution in [3.05, 3.63) is 79.1 Å². The van der Waals surface area contributed by atoms with Gasteiger partial charge in [0.1, 0.15) is 11.3 Å². The van der Waals surface area contributed by atoms with Crippen molar-refractivity contribution in [2.24, 2.45) is 0 Å². The number of imidazole rings is 1. The molecule has 0 atom stereocenters. The van der Waals surface area contributed by atoms with E-state index in [9.17, 15) is 4.39 Å². The molecule has 0 saturated carbocycles. The largest absolute Gasteiger partial charge is 0.335 e. The number of halogens is 1. The van der Waals surface area contributed by atoms with Gasteiger partial charge in [-0.3, -0.25) is 15.1 Å². The molecule has 6 rings (SSSR count).